The van der Waals surface area contributed by atoms with Crippen molar-refractivity contribution >= 4 is 17.5 Å². The number of carbonyl (C=O) groups is 1. The fourth-order valence-electron chi connectivity index (χ4n) is 0.756. The van der Waals surface area contributed by atoms with Gasteiger partial charge in [-0.25, -0.2) is 0 Å². The molecule has 0 aromatic carbocycles. The van der Waals surface area contributed by atoms with Gasteiger partial charge in [0.05, 0.1) is 6.54 Å². The van der Waals surface area contributed by atoms with Crippen molar-refractivity contribution in [2.75, 3.05) is 20.1 Å². The molecule has 0 saturated carbocycles. The molecular weight excluding hydrogens is 176 g/mol. The average Bonchev–Trinajstić information content (AvgIpc) is 2.00. The van der Waals surface area contributed by atoms with Crippen LogP contribution in [0.4, 0.5) is 0 Å². The van der Waals surface area contributed by atoms with Gasteiger partial charge in [-0.3, -0.25) is 4.79 Å². The molecule has 0 bridgehead atoms. The molecule has 1 atom stereocenters. The zero-order valence-electron chi connectivity index (χ0n) is 7.48. The van der Waals surface area contributed by atoms with E-state index in [4.69, 9.17) is 11.6 Å². The second-order valence-electron chi connectivity index (χ2n) is 2.69. The SMILES string of the molecule is C=C(Cl)CNC(=O)C(C)CNC. The monoisotopic (exact) mass is 190 g/mol. The van der Waals surface area contributed by atoms with E-state index in [0.717, 1.165) is 0 Å². The van der Waals surface area contributed by atoms with Crippen LogP contribution in [0.3, 0.4) is 0 Å². The molecule has 1 amide bonds. The average molecular weight is 191 g/mol. The maximum absolute atomic E-state index is 11.2. The summed E-state index contributed by atoms with van der Waals surface area (Å²) >= 11 is 5.48. The predicted octanol–water partition coefficient (Wildman–Crippen LogP) is 0.711. The summed E-state index contributed by atoms with van der Waals surface area (Å²) in [5, 5.41) is 6.02. The van der Waals surface area contributed by atoms with E-state index in [-0.39, 0.29) is 11.8 Å². The third-order valence-electron chi connectivity index (χ3n) is 1.41. The third-order valence-corrected chi connectivity index (χ3v) is 1.55. The lowest BCUT2D eigenvalue weighted by molar-refractivity contribution is -0.124. The summed E-state index contributed by atoms with van der Waals surface area (Å²) in [6.07, 6.45) is 0. The predicted molar refractivity (Wildman–Crippen MR) is 51.1 cm³/mol. The highest BCUT2D eigenvalue weighted by Crippen LogP contribution is 1.95. The topological polar surface area (TPSA) is 41.1 Å². The number of rotatable bonds is 5. The Labute approximate surface area is 78.2 Å². The van der Waals surface area contributed by atoms with Gasteiger partial charge in [0.2, 0.25) is 5.91 Å². The smallest absolute Gasteiger partial charge is 0.224 e. The first-order chi connectivity index (χ1) is 5.57. The van der Waals surface area contributed by atoms with E-state index in [2.05, 4.69) is 17.2 Å². The first-order valence-electron chi connectivity index (χ1n) is 3.83. The molecule has 2 N–H and O–H groups in total. The van der Waals surface area contributed by atoms with Gasteiger partial charge in [0.1, 0.15) is 0 Å². The molecule has 0 aromatic rings. The van der Waals surface area contributed by atoms with Gasteiger partial charge < -0.3 is 10.6 Å². The fourth-order valence-corrected chi connectivity index (χ4v) is 0.823. The Morgan fingerprint density at radius 3 is 2.67 bits per heavy atom. The van der Waals surface area contributed by atoms with Crippen molar-refractivity contribution in [3.05, 3.63) is 11.6 Å². The zero-order chi connectivity index (χ0) is 9.56. The van der Waals surface area contributed by atoms with Crippen molar-refractivity contribution in [3.63, 3.8) is 0 Å². The summed E-state index contributed by atoms with van der Waals surface area (Å²) in [4.78, 5) is 11.2. The van der Waals surface area contributed by atoms with Gasteiger partial charge in [-0.1, -0.05) is 25.1 Å². The molecule has 0 aromatic heterocycles. The second kappa shape index (κ2) is 6.03. The van der Waals surface area contributed by atoms with E-state index >= 15 is 0 Å². The van der Waals surface area contributed by atoms with Gasteiger partial charge in [0.25, 0.3) is 0 Å². The van der Waals surface area contributed by atoms with Crippen LogP contribution in [0.15, 0.2) is 11.6 Å². The fraction of sp³-hybridized carbons (Fsp3) is 0.625. The Morgan fingerprint density at radius 2 is 2.25 bits per heavy atom. The number of nitrogens with one attached hydrogen (secondary N) is 2. The largest absolute Gasteiger partial charge is 0.351 e. The van der Waals surface area contributed by atoms with Crippen LogP contribution >= 0.6 is 11.6 Å². The molecule has 3 nitrogen and oxygen atoms in total. The molecule has 1 unspecified atom stereocenters. The molecule has 0 saturated heterocycles. The number of amides is 1. The van der Waals surface area contributed by atoms with Crippen molar-refractivity contribution in [1.82, 2.24) is 10.6 Å². The van der Waals surface area contributed by atoms with E-state index in [1.807, 2.05) is 14.0 Å². The lowest BCUT2D eigenvalue weighted by Crippen LogP contribution is -2.34. The molecule has 0 radical (unpaired) electrons. The van der Waals surface area contributed by atoms with Gasteiger partial charge in [-0.15, -0.1) is 0 Å². The Hall–Kier alpha value is -0.540. The minimum atomic E-state index is -0.0361. The minimum absolute atomic E-state index is 0.00819. The molecule has 0 rings (SSSR count). The summed E-state index contributed by atoms with van der Waals surface area (Å²) in [5.41, 5.74) is 0. The maximum Gasteiger partial charge on any atom is 0.224 e. The van der Waals surface area contributed by atoms with E-state index in [1.54, 1.807) is 0 Å². The molecule has 0 fully saturated rings. The van der Waals surface area contributed by atoms with Gasteiger partial charge in [-0.2, -0.15) is 0 Å². The summed E-state index contributed by atoms with van der Waals surface area (Å²) in [5.74, 6) is -0.0443. The third kappa shape index (κ3) is 5.16. The van der Waals surface area contributed by atoms with Gasteiger partial charge in [0.15, 0.2) is 0 Å². The van der Waals surface area contributed by atoms with Crippen LogP contribution in [0.2, 0.25) is 0 Å². The van der Waals surface area contributed by atoms with Crippen molar-refractivity contribution in [2.24, 2.45) is 5.92 Å². The Bertz CT molecular complexity index is 170. The Balaban J connectivity index is 3.64. The van der Waals surface area contributed by atoms with Gasteiger partial charge >= 0.3 is 0 Å². The van der Waals surface area contributed by atoms with E-state index in [9.17, 15) is 4.79 Å². The number of halogens is 1. The molecule has 12 heavy (non-hydrogen) atoms. The first-order valence-corrected chi connectivity index (χ1v) is 4.21. The van der Waals surface area contributed by atoms with Crippen LogP contribution < -0.4 is 10.6 Å². The molecule has 0 spiro atoms. The lowest BCUT2D eigenvalue weighted by atomic mass is 10.1. The summed E-state index contributed by atoms with van der Waals surface area (Å²) in [6, 6.07) is 0. The van der Waals surface area contributed by atoms with Crippen LogP contribution in [0.1, 0.15) is 6.92 Å². The standard InChI is InChI=1S/C8H15ClN2O/c1-6(4-10-3)8(12)11-5-7(2)9/h6,10H,2,4-5H2,1,3H3,(H,11,12). The summed E-state index contributed by atoms with van der Waals surface area (Å²) in [7, 11) is 1.81. The molecule has 0 aliphatic carbocycles. The highest BCUT2D eigenvalue weighted by molar-refractivity contribution is 6.29. The van der Waals surface area contributed by atoms with E-state index < -0.39 is 0 Å². The van der Waals surface area contributed by atoms with Crippen molar-refractivity contribution in [3.8, 4) is 0 Å². The van der Waals surface area contributed by atoms with E-state index in [1.165, 1.54) is 0 Å². The van der Waals surface area contributed by atoms with Crippen LogP contribution in [0.5, 0.6) is 0 Å². The molecule has 0 heterocycles. The zero-order valence-corrected chi connectivity index (χ0v) is 8.24. The lowest BCUT2D eigenvalue weighted by Gasteiger charge is -2.10. The Kier molecular flexibility index (Phi) is 5.76. The van der Waals surface area contributed by atoms with E-state index in [0.29, 0.717) is 18.1 Å². The number of carbonyl (C=O) groups excluding carboxylic acids is 1. The normalized spacial score (nSPS) is 12.2. The van der Waals surface area contributed by atoms with Crippen molar-refractivity contribution < 1.29 is 4.79 Å². The molecule has 0 aliphatic heterocycles. The molecule has 70 valence electrons. The quantitative estimate of drug-likeness (QED) is 0.671. The minimum Gasteiger partial charge on any atom is -0.351 e. The first kappa shape index (κ1) is 11.5. The van der Waals surface area contributed by atoms with Gasteiger partial charge in [-0.05, 0) is 7.05 Å². The number of hydrogen-bond donors (Lipinski definition) is 2. The summed E-state index contributed by atoms with van der Waals surface area (Å²) < 4.78 is 0. The molecule has 0 aliphatic rings. The van der Waals surface area contributed by atoms with Crippen LogP contribution in [-0.2, 0) is 4.79 Å². The second-order valence-corrected chi connectivity index (χ2v) is 3.23. The van der Waals surface area contributed by atoms with Crippen molar-refractivity contribution in [2.45, 2.75) is 6.92 Å². The van der Waals surface area contributed by atoms with Gasteiger partial charge in [0, 0.05) is 17.5 Å². The van der Waals surface area contributed by atoms with Crippen LogP contribution in [0.25, 0.3) is 0 Å². The molecular formula is C8H15ClN2O. The highest BCUT2D eigenvalue weighted by Gasteiger charge is 2.10. The number of hydrogen-bond acceptors (Lipinski definition) is 2. The summed E-state index contributed by atoms with van der Waals surface area (Å²) in [6.45, 7) is 6.33. The van der Waals surface area contributed by atoms with Crippen LogP contribution in [0, 0.1) is 5.92 Å². The highest BCUT2D eigenvalue weighted by atomic mass is 35.5. The maximum atomic E-state index is 11.2. The van der Waals surface area contributed by atoms with Crippen molar-refractivity contribution in [1.29, 1.82) is 0 Å². The molecule has 4 heteroatoms. The van der Waals surface area contributed by atoms with Crippen LogP contribution in [-0.4, -0.2) is 26.0 Å². The Morgan fingerprint density at radius 1 is 1.67 bits per heavy atom.